The van der Waals surface area contributed by atoms with E-state index in [1.165, 1.54) is 24.6 Å². The predicted molar refractivity (Wildman–Crippen MR) is 94.6 cm³/mol. The molecule has 1 amide bonds. The number of hydrogen-bond donors (Lipinski definition) is 1. The number of nitrogens with zero attached hydrogens (tertiary/aromatic N) is 3. The molecule has 1 aromatic heterocycles. The Bertz CT molecular complexity index is 727. The molecular formula is C17H22N4O2S. The summed E-state index contributed by atoms with van der Waals surface area (Å²) in [7, 11) is 1.61. The molecule has 7 heteroatoms. The Morgan fingerprint density at radius 2 is 2.25 bits per heavy atom. The van der Waals surface area contributed by atoms with Gasteiger partial charge in [-0.25, -0.2) is 0 Å². The molecule has 0 aliphatic heterocycles. The van der Waals surface area contributed by atoms with Crippen LogP contribution in [0.3, 0.4) is 0 Å². The molecule has 1 N–H and O–H groups in total. The van der Waals surface area contributed by atoms with E-state index in [0.717, 1.165) is 23.2 Å². The molecule has 2 aromatic rings. The molecule has 0 spiro atoms. The third-order valence-corrected chi connectivity index (χ3v) is 5.07. The van der Waals surface area contributed by atoms with Crippen molar-refractivity contribution in [3.05, 3.63) is 30.1 Å². The van der Waals surface area contributed by atoms with E-state index in [0.29, 0.717) is 11.7 Å². The molecule has 3 rings (SSSR count). The van der Waals surface area contributed by atoms with Crippen molar-refractivity contribution in [3.8, 4) is 5.75 Å². The van der Waals surface area contributed by atoms with E-state index in [9.17, 15) is 4.79 Å². The normalized spacial score (nSPS) is 15.1. The van der Waals surface area contributed by atoms with Crippen LogP contribution in [0.15, 0.2) is 29.4 Å². The molecule has 1 atom stereocenters. The standard InChI is InChI=1S/C17H22N4O2S/c1-4-21-15(12-8-9-12)19-20-17(21)24-11(2)16(22)18-13-6-5-7-14(10-13)23-3/h5-7,10-12H,4,8-9H2,1-3H3,(H,18,22)/t11-/m1/s1. The fraction of sp³-hybridized carbons (Fsp3) is 0.471. The van der Waals surface area contributed by atoms with Gasteiger partial charge in [-0.3, -0.25) is 4.79 Å². The number of rotatable bonds is 7. The number of nitrogens with one attached hydrogen (secondary N) is 1. The van der Waals surface area contributed by atoms with Gasteiger partial charge >= 0.3 is 0 Å². The van der Waals surface area contributed by atoms with E-state index < -0.39 is 0 Å². The summed E-state index contributed by atoms with van der Waals surface area (Å²) in [4.78, 5) is 12.4. The van der Waals surface area contributed by atoms with E-state index in [1.807, 2.05) is 25.1 Å². The predicted octanol–water partition coefficient (Wildman–Crippen LogP) is 3.30. The number of hydrogen-bond acceptors (Lipinski definition) is 5. The third-order valence-electron chi connectivity index (χ3n) is 3.99. The van der Waals surface area contributed by atoms with E-state index in [1.54, 1.807) is 13.2 Å². The summed E-state index contributed by atoms with van der Waals surface area (Å²) >= 11 is 1.44. The largest absolute Gasteiger partial charge is 0.497 e. The summed E-state index contributed by atoms with van der Waals surface area (Å²) in [6, 6.07) is 7.34. The van der Waals surface area contributed by atoms with Gasteiger partial charge in [-0.1, -0.05) is 17.8 Å². The highest BCUT2D eigenvalue weighted by Gasteiger charge is 2.30. The maximum absolute atomic E-state index is 12.4. The molecule has 0 bridgehead atoms. The molecule has 1 saturated carbocycles. The first kappa shape index (κ1) is 16.8. The average molecular weight is 346 g/mol. The van der Waals surface area contributed by atoms with Crippen molar-refractivity contribution in [2.45, 2.75) is 49.6 Å². The first-order valence-electron chi connectivity index (χ1n) is 8.17. The van der Waals surface area contributed by atoms with E-state index in [2.05, 4.69) is 27.0 Å². The van der Waals surface area contributed by atoms with Crippen LogP contribution in [0.2, 0.25) is 0 Å². The third kappa shape index (κ3) is 3.72. The van der Waals surface area contributed by atoms with Gasteiger partial charge < -0.3 is 14.6 Å². The van der Waals surface area contributed by atoms with Crippen LogP contribution in [0.1, 0.15) is 38.4 Å². The lowest BCUT2D eigenvalue weighted by Gasteiger charge is -2.13. The van der Waals surface area contributed by atoms with Crippen LogP contribution in [-0.4, -0.2) is 33.0 Å². The topological polar surface area (TPSA) is 69.0 Å². The van der Waals surface area contributed by atoms with Crippen molar-refractivity contribution >= 4 is 23.4 Å². The lowest BCUT2D eigenvalue weighted by atomic mass is 10.3. The Labute approximate surface area is 146 Å². The molecule has 0 radical (unpaired) electrons. The van der Waals surface area contributed by atoms with Crippen LogP contribution in [0, 0.1) is 0 Å². The number of carbonyl (C=O) groups excluding carboxylic acids is 1. The van der Waals surface area contributed by atoms with Crippen LogP contribution in [0.4, 0.5) is 5.69 Å². The van der Waals surface area contributed by atoms with Crippen molar-refractivity contribution in [1.82, 2.24) is 14.8 Å². The first-order chi connectivity index (χ1) is 11.6. The second-order valence-corrected chi connectivity index (χ2v) is 7.15. The van der Waals surface area contributed by atoms with Gasteiger partial charge in [-0.15, -0.1) is 10.2 Å². The Morgan fingerprint density at radius 3 is 2.92 bits per heavy atom. The second kappa shape index (κ2) is 7.25. The van der Waals surface area contributed by atoms with E-state index >= 15 is 0 Å². The van der Waals surface area contributed by atoms with Crippen molar-refractivity contribution < 1.29 is 9.53 Å². The lowest BCUT2D eigenvalue weighted by molar-refractivity contribution is -0.115. The molecule has 1 aliphatic carbocycles. The number of methoxy groups -OCH3 is 1. The Balaban J connectivity index is 1.65. The van der Waals surface area contributed by atoms with Crippen molar-refractivity contribution in [2.24, 2.45) is 0 Å². The summed E-state index contributed by atoms with van der Waals surface area (Å²) in [6.07, 6.45) is 2.38. The number of amides is 1. The Hall–Kier alpha value is -2.02. The van der Waals surface area contributed by atoms with E-state index in [4.69, 9.17) is 4.74 Å². The van der Waals surface area contributed by atoms with E-state index in [-0.39, 0.29) is 11.2 Å². The zero-order chi connectivity index (χ0) is 17.1. The van der Waals surface area contributed by atoms with Crippen molar-refractivity contribution in [1.29, 1.82) is 0 Å². The lowest BCUT2D eigenvalue weighted by Crippen LogP contribution is -2.23. The van der Waals surface area contributed by atoms with Gasteiger partial charge in [-0.05, 0) is 38.8 Å². The van der Waals surface area contributed by atoms with Gasteiger partial charge in [-0.2, -0.15) is 0 Å². The summed E-state index contributed by atoms with van der Waals surface area (Å²) in [5, 5.41) is 12.1. The molecule has 128 valence electrons. The van der Waals surface area contributed by atoms with Crippen LogP contribution < -0.4 is 10.1 Å². The summed E-state index contributed by atoms with van der Waals surface area (Å²) in [5.41, 5.74) is 0.724. The van der Waals surface area contributed by atoms with Crippen molar-refractivity contribution in [3.63, 3.8) is 0 Å². The van der Waals surface area contributed by atoms with Crippen molar-refractivity contribution in [2.75, 3.05) is 12.4 Å². The Morgan fingerprint density at radius 1 is 1.46 bits per heavy atom. The smallest absolute Gasteiger partial charge is 0.237 e. The zero-order valence-electron chi connectivity index (χ0n) is 14.2. The van der Waals surface area contributed by atoms with Gasteiger partial charge in [0.1, 0.15) is 11.6 Å². The summed E-state index contributed by atoms with van der Waals surface area (Å²) in [5.74, 6) is 2.26. The highest BCUT2D eigenvalue weighted by molar-refractivity contribution is 8.00. The molecule has 24 heavy (non-hydrogen) atoms. The number of benzene rings is 1. The van der Waals surface area contributed by atoms with Crippen LogP contribution in [-0.2, 0) is 11.3 Å². The molecule has 1 aromatic carbocycles. The van der Waals surface area contributed by atoms with Gasteiger partial charge in [0.05, 0.1) is 12.4 Å². The monoisotopic (exact) mass is 346 g/mol. The fourth-order valence-corrected chi connectivity index (χ4v) is 3.40. The van der Waals surface area contributed by atoms with Gasteiger partial charge in [0, 0.05) is 24.2 Å². The Kier molecular flexibility index (Phi) is 5.08. The molecule has 1 heterocycles. The summed E-state index contributed by atoms with van der Waals surface area (Å²) < 4.78 is 7.30. The second-order valence-electron chi connectivity index (χ2n) is 5.84. The minimum absolute atomic E-state index is 0.0631. The maximum Gasteiger partial charge on any atom is 0.237 e. The highest BCUT2D eigenvalue weighted by Crippen LogP contribution is 2.40. The first-order valence-corrected chi connectivity index (χ1v) is 9.05. The van der Waals surface area contributed by atoms with Crippen LogP contribution >= 0.6 is 11.8 Å². The molecule has 1 aliphatic rings. The number of aromatic nitrogens is 3. The minimum atomic E-state index is -0.266. The fourth-order valence-electron chi connectivity index (χ4n) is 2.48. The van der Waals surface area contributed by atoms with Crippen LogP contribution in [0.5, 0.6) is 5.75 Å². The number of carbonyl (C=O) groups is 1. The number of ether oxygens (including phenoxy) is 1. The maximum atomic E-state index is 12.4. The summed E-state index contributed by atoms with van der Waals surface area (Å²) in [6.45, 7) is 4.79. The van der Waals surface area contributed by atoms with Crippen LogP contribution in [0.25, 0.3) is 0 Å². The van der Waals surface area contributed by atoms with Gasteiger partial charge in [0.2, 0.25) is 5.91 Å². The SMILES string of the molecule is CCn1c(S[C@H](C)C(=O)Nc2cccc(OC)c2)nnc1C1CC1. The quantitative estimate of drug-likeness (QED) is 0.779. The minimum Gasteiger partial charge on any atom is -0.497 e. The molecule has 1 fully saturated rings. The zero-order valence-corrected chi connectivity index (χ0v) is 15.0. The number of anilines is 1. The molecule has 0 unspecified atom stereocenters. The van der Waals surface area contributed by atoms with Gasteiger partial charge in [0.25, 0.3) is 0 Å². The highest BCUT2D eigenvalue weighted by atomic mass is 32.2. The molecular weight excluding hydrogens is 324 g/mol. The molecule has 0 saturated heterocycles. The number of thioether (sulfide) groups is 1. The molecule has 6 nitrogen and oxygen atoms in total. The van der Waals surface area contributed by atoms with Gasteiger partial charge in [0.15, 0.2) is 5.16 Å². The average Bonchev–Trinajstić information content (AvgIpc) is 3.36.